The summed E-state index contributed by atoms with van der Waals surface area (Å²) in [6.45, 7) is 0. The lowest BCUT2D eigenvalue weighted by atomic mass is 10.2. The molecule has 3 aromatic rings. The summed E-state index contributed by atoms with van der Waals surface area (Å²) in [7, 11) is 1.44. The van der Waals surface area contributed by atoms with Crippen molar-refractivity contribution in [3.63, 3.8) is 0 Å². The molecule has 4 N–H and O–H groups in total. The normalized spacial score (nSPS) is 10.8. The number of benzene rings is 2. The number of ether oxygens (including phenoxy) is 1. The number of nitrogens with one attached hydrogen (secondary N) is 2. The van der Waals surface area contributed by atoms with E-state index in [9.17, 15) is 9.18 Å². The Balaban J connectivity index is 2.05. The van der Waals surface area contributed by atoms with Gasteiger partial charge in [0.25, 0.3) is 0 Å². The van der Waals surface area contributed by atoms with Crippen molar-refractivity contribution in [2.45, 2.75) is 0 Å². The molecule has 0 aliphatic heterocycles. The molecular formula is C14H12FN3O3. The molecule has 7 heteroatoms. The van der Waals surface area contributed by atoms with Crippen molar-refractivity contribution in [1.82, 2.24) is 4.98 Å². The van der Waals surface area contributed by atoms with Gasteiger partial charge in [-0.25, -0.2) is 9.18 Å². The number of hydrogen-bond donors (Lipinski definition) is 3. The Morgan fingerprint density at radius 2 is 2.10 bits per heavy atom. The summed E-state index contributed by atoms with van der Waals surface area (Å²) >= 11 is 0. The monoisotopic (exact) mass is 289 g/mol. The molecular weight excluding hydrogens is 277 g/mol. The van der Waals surface area contributed by atoms with Gasteiger partial charge in [-0.1, -0.05) is 0 Å². The average Bonchev–Trinajstić information content (AvgIpc) is 2.80. The number of hydrogen-bond acceptors (Lipinski definition) is 5. The summed E-state index contributed by atoms with van der Waals surface area (Å²) in [5, 5.41) is 3.04. The van der Waals surface area contributed by atoms with Crippen LogP contribution in [0.2, 0.25) is 0 Å². The molecule has 6 nitrogen and oxygen atoms in total. The van der Waals surface area contributed by atoms with E-state index in [1.807, 2.05) is 0 Å². The standard InChI is InChI=1S/C14H12FN3O3/c1-20-12-4-7(15)2-3-9(12)17-10-6-11-13(5-8(10)16)21-14(19)18-11/h2-6,17H,16H2,1H3,(H,18,19). The smallest absolute Gasteiger partial charge is 0.417 e. The molecule has 1 heterocycles. The van der Waals surface area contributed by atoms with E-state index in [1.54, 1.807) is 6.07 Å². The summed E-state index contributed by atoms with van der Waals surface area (Å²) in [6, 6.07) is 7.27. The zero-order valence-corrected chi connectivity index (χ0v) is 11.1. The second-order valence-corrected chi connectivity index (χ2v) is 4.42. The van der Waals surface area contributed by atoms with E-state index in [0.29, 0.717) is 33.9 Å². The number of halogens is 1. The molecule has 0 fully saturated rings. The molecule has 2 aromatic carbocycles. The number of nitrogen functional groups attached to an aromatic ring is 1. The van der Waals surface area contributed by atoms with Crippen LogP contribution in [0, 0.1) is 5.82 Å². The van der Waals surface area contributed by atoms with Crippen LogP contribution in [0.25, 0.3) is 11.1 Å². The number of rotatable bonds is 3. The van der Waals surface area contributed by atoms with Gasteiger partial charge in [-0.2, -0.15) is 0 Å². The van der Waals surface area contributed by atoms with Crippen LogP contribution in [0.1, 0.15) is 0 Å². The summed E-state index contributed by atoms with van der Waals surface area (Å²) in [4.78, 5) is 13.7. The Kier molecular flexibility index (Phi) is 3.02. The molecule has 0 aliphatic carbocycles. The lowest BCUT2D eigenvalue weighted by molar-refractivity contribution is 0.413. The largest absolute Gasteiger partial charge is 0.494 e. The lowest BCUT2D eigenvalue weighted by Crippen LogP contribution is -1.99. The van der Waals surface area contributed by atoms with Crippen molar-refractivity contribution in [3.8, 4) is 5.75 Å². The van der Waals surface area contributed by atoms with Crippen molar-refractivity contribution < 1.29 is 13.5 Å². The Hall–Kier alpha value is -2.96. The zero-order valence-electron chi connectivity index (χ0n) is 11.1. The minimum atomic E-state index is -0.555. The quantitative estimate of drug-likeness (QED) is 0.644. The van der Waals surface area contributed by atoms with Crippen LogP contribution in [0.3, 0.4) is 0 Å². The van der Waals surface area contributed by atoms with Gasteiger partial charge in [-0.15, -0.1) is 0 Å². The van der Waals surface area contributed by atoms with Gasteiger partial charge in [0.1, 0.15) is 11.6 Å². The van der Waals surface area contributed by atoms with E-state index in [2.05, 4.69) is 10.3 Å². The number of oxazole rings is 1. The van der Waals surface area contributed by atoms with Gasteiger partial charge in [0.05, 0.1) is 29.7 Å². The van der Waals surface area contributed by atoms with Crippen molar-refractivity contribution in [2.24, 2.45) is 0 Å². The topological polar surface area (TPSA) is 93.3 Å². The predicted octanol–water partition coefficient (Wildman–Crippen LogP) is 2.59. The van der Waals surface area contributed by atoms with E-state index in [-0.39, 0.29) is 0 Å². The average molecular weight is 289 g/mol. The highest BCUT2D eigenvalue weighted by molar-refractivity contribution is 5.87. The van der Waals surface area contributed by atoms with Gasteiger partial charge in [0, 0.05) is 12.1 Å². The third kappa shape index (κ3) is 2.40. The highest BCUT2D eigenvalue weighted by Gasteiger charge is 2.10. The summed E-state index contributed by atoms with van der Waals surface area (Å²) in [6.07, 6.45) is 0. The lowest BCUT2D eigenvalue weighted by Gasteiger charge is -2.12. The fourth-order valence-corrected chi connectivity index (χ4v) is 2.03. The molecule has 0 unspecified atom stereocenters. The van der Waals surface area contributed by atoms with Crippen LogP contribution in [-0.2, 0) is 0 Å². The molecule has 0 saturated carbocycles. The van der Waals surface area contributed by atoms with E-state index < -0.39 is 11.6 Å². The van der Waals surface area contributed by atoms with Crippen molar-refractivity contribution in [2.75, 3.05) is 18.2 Å². The van der Waals surface area contributed by atoms with Gasteiger partial charge in [0.2, 0.25) is 0 Å². The molecule has 0 aliphatic rings. The first-order chi connectivity index (χ1) is 10.1. The molecule has 108 valence electrons. The first kappa shape index (κ1) is 13.0. The highest BCUT2D eigenvalue weighted by atomic mass is 19.1. The second-order valence-electron chi connectivity index (χ2n) is 4.42. The number of H-pyrrole nitrogens is 1. The minimum Gasteiger partial charge on any atom is -0.494 e. The third-order valence-electron chi connectivity index (χ3n) is 3.02. The summed E-state index contributed by atoms with van der Waals surface area (Å²) in [5.74, 6) is -0.615. The van der Waals surface area contributed by atoms with Crippen LogP contribution in [-0.4, -0.2) is 12.1 Å². The Bertz CT molecular complexity index is 870. The maximum Gasteiger partial charge on any atom is 0.417 e. The number of aromatic nitrogens is 1. The number of methoxy groups -OCH3 is 1. The van der Waals surface area contributed by atoms with Gasteiger partial charge < -0.3 is 20.2 Å². The van der Waals surface area contributed by atoms with E-state index in [4.69, 9.17) is 14.9 Å². The van der Waals surface area contributed by atoms with E-state index >= 15 is 0 Å². The van der Waals surface area contributed by atoms with E-state index in [0.717, 1.165) is 0 Å². The number of anilines is 3. The number of aromatic amines is 1. The number of nitrogens with two attached hydrogens (primary N) is 1. The molecule has 0 radical (unpaired) electrons. The molecule has 0 spiro atoms. The Morgan fingerprint density at radius 1 is 1.29 bits per heavy atom. The van der Waals surface area contributed by atoms with Crippen LogP contribution in [0.4, 0.5) is 21.5 Å². The predicted molar refractivity (Wildman–Crippen MR) is 77.5 cm³/mol. The molecule has 0 bridgehead atoms. The van der Waals surface area contributed by atoms with Crippen LogP contribution < -0.4 is 21.5 Å². The molecule has 1 aromatic heterocycles. The fourth-order valence-electron chi connectivity index (χ4n) is 2.03. The molecule has 0 atom stereocenters. The van der Waals surface area contributed by atoms with Gasteiger partial charge in [0.15, 0.2) is 5.58 Å². The molecule has 21 heavy (non-hydrogen) atoms. The zero-order chi connectivity index (χ0) is 15.0. The summed E-state index contributed by atoms with van der Waals surface area (Å²) < 4.78 is 23.2. The maximum absolute atomic E-state index is 13.2. The molecule has 0 saturated heterocycles. The van der Waals surface area contributed by atoms with Crippen LogP contribution >= 0.6 is 0 Å². The van der Waals surface area contributed by atoms with E-state index in [1.165, 1.54) is 31.4 Å². The molecule has 3 rings (SSSR count). The maximum atomic E-state index is 13.2. The Morgan fingerprint density at radius 3 is 2.86 bits per heavy atom. The minimum absolute atomic E-state index is 0.343. The van der Waals surface area contributed by atoms with Gasteiger partial charge in [-0.05, 0) is 18.2 Å². The summed E-state index contributed by atoms with van der Waals surface area (Å²) in [5.41, 5.74) is 8.28. The first-order valence-electron chi connectivity index (χ1n) is 6.10. The van der Waals surface area contributed by atoms with Crippen molar-refractivity contribution in [3.05, 3.63) is 46.7 Å². The molecule has 0 amide bonds. The fraction of sp³-hybridized carbons (Fsp3) is 0.0714. The SMILES string of the molecule is COc1cc(F)ccc1Nc1cc2[nH]c(=O)oc2cc1N. The highest BCUT2D eigenvalue weighted by Crippen LogP contribution is 2.32. The van der Waals surface area contributed by atoms with Gasteiger partial charge >= 0.3 is 5.76 Å². The third-order valence-corrected chi connectivity index (χ3v) is 3.02. The first-order valence-corrected chi connectivity index (χ1v) is 6.10. The number of fused-ring (bicyclic) bond motifs is 1. The van der Waals surface area contributed by atoms with Crippen molar-refractivity contribution in [1.29, 1.82) is 0 Å². The van der Waals surface area contributed by atoms with Crippen LogP contribution in [0.15, 0.2) is 39.5 Å². The van der Waals surface area contributed by atoms with Crippen LogP contribution in [0.5, 0.6) is 5.75 Å². The van der Waals surface area contributed by atoms with Gasteiger partial charge in [-0.3, -0.25) is 4.98 Å². The Labute approximate surface area is 118 Å². The van der Waals surface area contributed by atoms with Crippen molar-refractivity contribution >= 4 is 28.2 Å². The second kappa shape index (κ2) is 4.86.